The molecule has 0 saturated carbocycles. The van der Waals surface area contributed by atoms with Crippen molar-refractivity contribution in [1.29, 1.82) is 0 Å². The van der Waals surface area contributed by atoms with Crippen molar-refractivity contribution < 1.29 is 33.7 Å². The second-order valence-corrected chi connectivity index (χ2v) is 7.95. The van der Waals surface area contributed by atoms with Crippen LogP contribution in [0.1, 0.15) is 39.1 Å². The summed E-state index contributed by atoms with van der Waals surface area (Å²) in [4.78, 5) is 23.9. The van der Waals surface area contributed by atoms with E-state index in [4.69, 9.17) is 4.74 Å². The Balaban J connectivity index is 1.36. The first-order valence-electron chi connectivity index (χ1n) is 10.7. The first kappa shape index (κ1) is 23.4. The van der Waals surface area contributed by atoms with Gasteiger partial charge >= 0.3 is 12.1 Å². The van der Waals surface area contributed by atoms with Crippen molar-refractivity contribution in [3.63, 3.8) is 0 Å². The number of amides is 1. The number of methoxy groups -OCH3 is 1. The standard InChI is InChI=1S/C26H24FNO6/c1-33-25(31)15-10-11-22(27)20(12-15)24(30)23(29)13-28-26(32)34-14-21-18-8-4-2-6-16(18)17-7-3-5-9-19(17)21/h2-12,21,23-24,29-30H,13-14H2,1H3,(H,28,32). The Morgan fingerprint density at radius 1 is 1.00 bits per heavy atom. The highest BCUT2D eigenvalue weighted by Crippen LogP contribution is 2.44. The number of carbonyl (C=O) groups is 2. The van der Waals surface area contributed by atoms with E-state index >= 15 is 0 Å². The fourth-order valence-corrected chi connectivity index (χ4v) is 4.17. The molecule has 176 valence electrons. The van der Waals surface area contributed by atoms with Gasteiger partial charge in [-0.2, -0.15) is 0 Å². The van der Waals surface area contributed by atoms with E-state index in [1.54, 1.807) is 0 Å². The van der Waals surface area contributed by atoms with Crippen LogP contribution in [0.3, 0.4) is 0 Å². The molecule has 2 unspecified atom stereocenters. The molecule has 8 heteroatoms. The monoisotopic (exact) mass is 465 g/mol. The van der Waals surface area contributed by atoms with E-state index < -0.39 is 30.1 Å². The zero-order chi connectivity index (χ0) is 24.2. The molecule has 1 amide bonds. The molecule has 1 aliphatic carbocycles. The van der Waals surface area contributed by atoms with E-state index in [9.17, 15) is 24.2 Å². The number of carbonyl (C=O) groups excluding carboxylic acids is 2. The van der Waals surface area contributed by atoms with Crippen LogP contribution < -0.4 is 5.32 Å². The molecule has 7 nitrogen and oxygen atoms in total. The van der Waals surface area contributed by atoms with Gasteiger partial charge in [0.15, 0.2) is 0 Å². The van der Waals surface area contributed by atoms with Crippen molar-refractivity contribution in [3.05, 3.63) is 94.8 Å². The minimum absolute atomic E-state index is 0.0228. The summed E-state index contributed by atoms with van der Waals surface area (Å²) >= 11 is 0. The van der Waals surface area contributed by atoms with E-state index in [0.717, 1.165) is 34.4 Å². The fraction of sp³-hybridized carbons (Fsp3) is 0.231. The van der Waals surface area contributed by atoms with Gasteiger partial charge in [0.2, 0.25) is 0 Å². The number of fused-ring (bicyclic) bond motifs is 3. The summed E-state index contributed by atoms with van der Waals surface area (Å²) in [6, 6.07) is 19.1. The molecule has 0 fully saturated rings. The lowest BCUT2D eigenvalue weighted by Crippen LogP contribution is -2.36. The molecule has 34 heavy (non-hydrogen) atoms. The molecule has 4 rings (SSSR count). The van der Waals surface area contributed by atoms with Crippen molar-refractivity contribution in [3.8, 4) is 11.1 Å². The third-order valence-electron chi connectivity index (χ3n) is 5.90. The molecule has 0 aliphatic heterocycles. The number of alkyl carbamates (subject to hydrolysis) is 1. The summed E-state index contributed by atoms with van der Waals surface area (Å²) in [5.74, 6) is -1.64. The van der Waals surface area contributed by atoms with Crippen LogP contribution in [0.25, 0.3) is 11.1 Å². The van der Waals surface area contributed by atoms with Gasteiger partial charge in [0.1, 0.15) is 24.6 Å². The fourth-order valence-electron chi connectivity index (χ4n) is 4.17. The minimum Gasteiger partial charge on any atom is -0.465 e. The number of benzene rings is 3. The molecule has 2 atom stereocenters. The third-order valence-corrected chi connectivity index (χ3v) is 5.90. The zero-order valence-electron chi connectivity index (χ0n) is 18.4. The Labute approximate surface area is 195 Å². The van der Waals surface area contributed by atoms with Crippen molar-refractivity contribution in [2.45, 2.75) is 18.1 Å². The molecule has 3 aromatic rings. The summed E-state index contributed by atoms with van der Waals surface area (Å²) in [6.45, 7) is -0.298. The van der Waals surface area contributed by atoms with Gasteiger partial charge < -0.3 is 25.0 Å². The molecular formula is C26H24FNO6. The van der Waals surface area contributed by atoms with Crippen LogP contribution in [-0.4, -0.2) is 48.6 Å². The molecule has 3 N–H and O–H groups in total. The molecule has 3 aromatic carbocycles. The highest BCUT2D eigenvalue weighted by Gasteiger charge is 2.29. The van der Waals surface area contributed by atoms with Crippen LogP contribution in [0.15, 0.2) is 66.7 Å². The molecule has 0 bridgehead atoms. The highest BCUT2D eigenvalue weighted by molar-refractivity contribution is 5.89. The second-order valence-electron chi connectivity index (χ2n) is 7.95. The van der Waals surface area contributed by atoms with E-state index in [2.05, 4.69) is 10.1 Å². The molecule has 0 aromatic heterocycles. The van der Waals surface area contributed by atoms with Crippen molar-refractivity contribution >= 4 is 12.1 Å². The van der Waals surface area contributed by atoms with Crippen LogP contribution in [0.5, 0.6) is 0 Å². The van der Waals surface area contributed by atoms with Gasteiger partial charge in [-0.05, 0) is 40.5 Å². The predicted octanol–water partition coefficient (Wildman–Crippen LogP) is 3.55. The maximum atomic E-state index is 14.1. The van der Waals surface area contributed by atoms with Crippen LogP contribution in [0.2, 0.25) is 0 Å². The number of rotatable bonds is 7. The molecule has 0 saturated heterocycles. The van der Waals surface area contributed by atoms with Crippen molar-refractivity contribution in [2.75, 3.05) is 20.3 Å². The van der Waals surface area contributed by atoms with Crippen LogP contribution in [0, 0.1) is 5.82 Å². The van der Waals surface area contributed by atoms with Gasteiger partial charge in [-0.1, -0.05) is 48.5 Å². The number of halogens is 1. The molecule has 0 heterocycles. The number of esters is 1. The first-order chi connectivity index (χ1) is 16.4. The first-order valence-corrected chi connectivity index (χ1v) is 10.7. The van der Waals surface area contributed by atoms with Crippen LogP contribution in [-0.2, 0) is 9.47 Å². The smallest absolute Gasteiger partial charge is 0.407 e. The Morgan fingerprint density at radius 2 is 1.62 bits per heavy atom. The van der Waals surface area contributed by atoms with Crippen LogP contribution in [0.4, 0.5) is 9.18 Å². The minimum atomic E-state index is -1.68. The lowest BCUT2D eigenvalue weighted by Gasteiger charge is -2.20. The van der Waals surface area contributed by atoms with Crippen molar-refractivity contribution in [2.24, 2.45) is 0 Å². The number of nitrogens with one attached hydrogen (secondary N) is 1. The predicted molar refractivity (Wildman–Crippen MR) is 122 cm³/mol. The number of aliphatic hydroxyl groups is 2. The van der Waals surface area contributed by atoms with E-state index in [0.29, 0.717) is 0 Å². The van der Waals surface area contributed by atoms with Gasteiger partial charge in [-0.3, -0.25) is 0 Å². The molecule has 0 radical (unpaired) electrons. The summed E-state index contributed by atoms with van der Waals surface area (Å²) < 4.78 is 24.1. The lowest BCUT2D eigenvalue weighted by atomic mass is 9.98. The topological polar surface area (TPSA) is 105 Å². The SMILES string of the molecule is COC(=O)c1ccc(F)c(C(O)C(O)CNC(=O)OCC2c3ccccc3-c3ccccc32)c1. The maximum Gasteiger partial charge on any atom is 0.407 e. The van der Waals surface area contributed by atoms with Crippen molar-refractivity contribution in [1.82, 2.24) is 5.32 Å². The average molecular weight is 465 g/mol. The third kappa shape index (κ3) is 4.64. The van der Waals surface area contributed by atoms with E-state index in [1.807, 2.05) is 48.5 Å². The van der Waals surface area contributed by atoms with Gasteiger partial charge in [0.25, 0.3) is 0 Å². The number of ether oxygens (including phenoxy) is 2. The Morgan fingerprint density at radius 3 is 2.24 bits per heavy atom. The molecular weight excluding hydrogens is 441 g/mol. The van der Waals surface area contributed by atoms with E-state index in [1.165, 1.54) is 13.2 Å². The van der Waals surface area contributed by atoms with Gasteiger partial charge in [0.05, 0.1) is 12.7 Å². The number of hydrogen-bond donors (Lipinski definition) is 3. The lowest BCUT2D eigenvalue weighted by molar-refractivity contribution is 0.0164. The van der Waals surface area contributed by atoms with Crippen LogP contribution >= 0.6 is 0 Å². The largest absolute Gasteiger partial charge is 0.465 e. The molecule has 0 spiro atoms. The van der Waals surface area contributed by atoms with E-state index in [-0.39, 0.29) is 30.2 Å². The number of aliphatic hydroxyl groups excluding tert-OH is 2. The molecule has 1 aliphatic rings. The Bertz CT molecular complexity index is 1170. The maximum absolute atomic E-state index is 14.1. The summed E-state index contributed by atoms with van der Waals surface area (Å²) in [6.07, 6.45) is -4.00. The second kappa shape index (κ2) is 10.0. The Kier molecular flexibility index (Phi) is 6.90. The summed E-state index contributed by atoms with van der Waals surface area (Å²) in [5.41, 5.74) is 4.06. The summed E-state index contributed by atoms with van der Waals surface area (Å²) in [5, 5.41) is 23.0. The quantitative estimate of drug-likeness (QED) is 0.461. The normalized spacial score (nSPS) is 14.0. The van der Waals surface area contributed by atoms with Gasteiger partial charge in [-0.15, -0.1) is 0 Å². The average Bonchev–Trinajstić information content (AvgIpc) is 3.19. The summed E-state index contributed by atoms with van der Waals surface area (Å²) in [7, 11) is 1.18. The highest BCUT2D eigenvalue weighted by atomic mass is 19.1. The number of hydrogen-bond acceptors (Lipinski definition) is 6. The van der Waals surface area contributed by atoms with Gasteiger partial charge in [-0.25, -0.2) is 14.0 Å². The zero-order valence-corrected chi connectivity index (χ0v) is 18.4. The van der Waals surface area contributed by atoms with Gasteiger partial charge in [0, 0.05) is 18.0 Å². The Hall–Kier alpha value is -3.75.